The van der Waals surface area contributed by atoms with Crippen molar-refractivity contribution in [3.05, 3.63) is 78.4 Å². The molecule has 1 N–H and O–H groups in total. The van der Waals surface area contributed by atoms with Gasteiger partial charge in [-0.1, -0.05) is 48.5 Å². The highest BCUT2D eigenvalue weighted by Crippen LogP contribution is 2.36. The summed E-state index contributed by atoms with van der Waals surface area (Å²) in [5, 5.41) is 11.1. The van der Waals surface area contributed by atoms with Gasteiger partial charge in [0.25, 0.3) is 0 Å². The van der Waals surface area contributed by atoms with E-state index in [-0.39, 0.29) is 0 Å². The van der Waals surface area contributed by atoms with E-state index in [1.807, 2.05) is 60.7 Å². The van der Waals surface area contributed by atoms with Crippen LogP contribution in [0.4, 0.5) is 0 Å². The molecule has 2 fully saturated rings. The third-order valence-electron chi connectivity index (χ3n) is 5.82. The molecule has 0 amide bonds. The third kappa shape index (κ3) is 6.00. The quantitative estimate of drug-likeness (QED) is 0.431. The first-order valence-electron chi connectivity index (χ1n) is 11.3. The molecular formula is C26H32O7. The van der Waals surface area contributed by atoms with E-state index >= 15 is 0 Å². The second-order valence-electron chi connectivity index (χ2n) is 8.14. The van der Waals surface area contributed by atoms with Crippen LogP contribution < -0.4 is 4.74 Å². The highest BCUT2D eigenvalue weighted by atomic mass is 16.8. The minimum Gasteiger partial charge on any atom is -0.497 e. The molecule has 2 aliphatic rings. The van der Waals surface area contributed by atoms with Crippen molar-refractivity contribution in [3.8, 4) is 5.75 Å². The lowest BCUT2D eigenvalue weighted by Crippen LogP contribution is -2.63. The molecule has 4 rings (SSSR count). The lowest BCUT2D eigenvalue weighted by atomic mass is 9.97. The number of hydrogen-bond acceptors (Lipinski definition) is 7. The molecule has 0 bridgehead atoms. The fraction of sp³-hybridized carbons (Fsp3) is 0.462. The Kier molecular flexibility index (Phi) is 8.50. The smallest absolute Gasteiger partial charge is 0.186 e. The van der Waals surface area contributed by atoms with E-state index < -0.39 is 37.0 Å². The summed E-state index contributed by atoms with van der Waals surface area (Å²) in [5.74, 6) is 0.774. The van der Waals surface area contributed by atoms with Crippen LogP contribution in [0.15, 0.2) is 67.3 Å². The van der Waals surface area contributed by atoms with Crippen LogP contribution in [0.25, 0.3) is 0 Å². The summed E-state index contributed by atoms with van der Waals surface area (Å²) in [4.78, 5) is 0. The minimum atomic E-state index is -1.01. The van der Waals surface area contributed by atoms with Gasteiger partial charge in [-0.3, -0.25) is 0 Å². The Hall–Kier alpha value is -2.26. The summed E-state index contributed by atoms with van der Waals surface area (Å²) in [7, 11) is 1.63. The van der Waals surface area contributed by atoms with Gasteiger partial charge in [0.15, 0.2) is 12.6 Å². The van der Waals surface area contributed by atoms with E-state index in [0.717, 1.165) is 29.7 Å². The van der Waals surface area contributed by atoms with E-state index in [0.29, 0.717) is 19.8 Å². The van der Waals surface area contributed by atoms with Crippen LogP contribution in [0, 0.1) is 0 Å². The van der Waals surface area contributed by atoms with Gasteiger partial charge in [0.05, 0.1) is 26.9 Å². The molecule has 2 saturated heterocycles. The Balaban J connectivity index is 1.47. The molecule has 2 aliphatic heterocycles. The Bertz CT molecular complexity index is 857. The number of rotatable bonds is 10. The van der Waals surface area contributed by atoms with Gasteiger partial charge in [-0.25, -0.2) is 0 Å². The number of hydrogen-bond donors (Lipinski definition) is 1. The standard InChI is InChI=1S/C26H32O7/c1-3-4-8-15-29-26-22(27)24(30-16-18-11-13-20(28-2)14-12-18)23-21(32-26)17-31-25(33-23)19-9-6-5-7-10-19/h3,5-7,9-14,21-27H,1,4,8,15-17H2,2H3/t21-,22-,23+,24-,25+,26-/m1/s1. The predicted octanol–water partition coefficient (Wildman–Crippen LogP) is 3.76. The highest BCUT2D eigenvalue weighted by molar-refractivity contribution is 5.26. The molecule has 0 spiro atoms. The zero-order valence-corrected chi connectivity index (χ0v) is 18.9. The zero-order chi connectivity index (χ0) is 23.0. The Labute approximate surface area is 194 Å². The van der Waals surface area contributed by atoms with Gasteiger partial charge in [0.1, 0.15) is 30.2 Å². The van der Waals surface area contributed by atoms with Crippen LogP contribution in [0.1, 0.15) is 30.3 Å². The van der Waals surface area contributed by atoms with Gasteiger partial charge in [-0.15, -0.1) is 6.58 Å². The lowest BCUT2D eigenvalue weighted by molar-refractivity contribution is -0.366. The second-order valence-corrected chi connectivity index (χ2v) is 8.14. The number of aliphatic hydroxyl groups is 1. The zero-order valence-electron chi connectivity index (χ0n) is 18.9. The molecule has 2 aromatic carbocycles. The summed E-state index contributed by atoms with van der Waals surface area (Å²) in [6, 6.07) is 17.3. The first kappa shape index (κ1) is 23.9. The fourth-order valence-corrected chi connectivity index (χ4v) is 4.01. The Morgan fingerprint density at radius 3 is 2.58 bits per heavy atom. The number of aliphatic hydroxyl groups excluding tert-OH is 1. The third-order valence-corrected chi connectivity index (χ3v) is 5.82. The maximum atomic E-state index is 11.1. The van der Waals surface area contributed by atoms with Crippen molar-refractivity contribution in [2.24, 2.45) is 0 Å². The van der Waals surface area contributed by atoms with E-state index in [1.54, 1.807) is 7.11 Å². The SMILES string of the molecule is C=CCCCO[C@@H]1O[C@@H]2CO[C@H](c3ccccc3)O[C@@H]2[C@H](OCc2ccc(OC)cc2)[C@H]1O. The first-order chi connectivity index (χ1) is 16.2. The summed E-state index contributed by atoms with van der Waals surface area (Å²) < 4.78 is 35.5. The van der Waals surface area contributed by atoms with Crippen LogP contribution in [0.3, 0.4) is 0 Å². The molecule has 7 heteroatoms. The number of ether oxygens (including phenoxy) is 6. The molecule has 7 nitrogen and oxygen atoms in total. The maximum Gasteiger partial charge on any atom is 0.186 e. The molecule has 0 aromatic heterocycles. The van der Waals surface area contributed by atoms with Gasteiger partial charge in [0, 0.05) is 5.56 Å². The van der Waals surface area contributed by atoms with Crippen molar-refractivity contribution in [2.45, 2.75) is 56.4 Å². The minimum absolute atomic E-state index is 0.304. The molecule has 2 aromatic rings. The van der Waals surface area contributed by atoms with Crippen LogP contribution >= 0.6 is 0 Å². The largest absolute Gasteiger partial charge is 0.497 e. The molecule has 2 heterocycles. The number of unbranched alkanes of at least 4 members (excludes halogenated alkanes) is 1. The molecule has 0 aliphatic carbocycles. The van der Waals surface area contributed by atoms with Gasteiger partial charge in [-0.05, 0) is 30.5 Å². The monoisotopic (exact) mass is 456 g/mol. The predicted molar refractivity (Wildman–Crippen MR) is 122 cm³/mol. The molecule has 0 radical (unpaired) electrons. The van der Waals surface area contributed by atoms with Gasteiger partial charge < -0.3 is 33.5 Å². The number of allylic oxidation sites excluding steroid dienone is 1. The molecule has 6 atom stereocenters. The lowest BCUT2D eigenvalue weighted by Gasteiger charge is -2.47. The summed E-state index contributed by atoms with van der Waals surface area (Å²) in [5.41, 5.74) is 1.86. The van der Waals surface area contributed by atoms with E-state index in [4.69, 9.17) is 28.4 Å². The highest BCUT2D eigenvalue weighted by Gasteiger charge is 2.50. The first-order valence-corrected chi connectivity index (χ1v) is 11.3. The molecule has 0 unspecified atom stereocenters. The topological polar surface area (TPSA) is 75.6 Å². The molecule has 0 saturated carbocycles. The molecule has 33 heavy (non-hydrogen) atoms. The molecular weight excluding hydrogens is 424 g/mol. The van der Waals surface area contributed by atoms with Crippen LogP contribution in [0.5, 0.6) is 5.75 Å². The van der Waals surface area contributed by atoms with Crippen molar-refractivity contribution in [1.82, 2.24) is 0 Å². The van der Waals surface area contributed by atoms with E-state index in [1.165, 1.54) is 0 Å². The van der Waals surface area contributed by atoms with Crippen molar-refractivity contribution in [3.63, 3.8) is 0 Å². The van der Waals surface area contributed by atoms with Crippen LogP contribution in [-0.2, 0) is 30.3 Å². The summed E-state index contributed by atoms with van der Waals surface area (Å²) in [6.45, 7) is 4.79. The van der Waals surface area contributed by atoms with Crippen LogP contribution in [0.2, 0.25) is 0 Å². The van der Waals surface area contributed by atoms with Gasteiger partial charge in [-0.2, -0.15) is 0 Å². The number of methoxy groups -OCH3 is 1. The van der Waals surface area contributed by atoms with Crippen LogP contribution in [-0.4, -0.2) is 56.1 Å². The number of fused-ring (bicyclic) bond motifs is 1. The Morgan fingerprint density at radius 1 is 1.06 bits per heavy atom. The van der Waals surface area contributed by atoms with Gasteiger partial charge >= 0.3 is 0 Å². The number of benzene rings is 2. The Morgan fingerprint density at radius 2 is 1.85 bits per heavy atom. The molecule has 178 valence electrons. The fourth-order valence-electron chi connectivity index (χ4n) is 4.01. The van der Waals surface area contributed by atoms with Gasteiger partial charge in [0.2, 0.25) is 0 Å². The maximum absolute atomic E-state index is 11.1. The van der Waals surface area contributed by atoms with Crippen molar-refractivity contribution >= 4 is 0 Å². The van der Waals surface area contributed by atoms with Crippen molar-refractivity contribution < 1.29 is 33.5 Å². The average molecular weight is 457 g/mol. The normalized spacial score (nSPS) is 29.3. The summed E-state index contributed by atoms with van der Waals surface area (Å²) >= 11 is 0. The second kappa shape index (κ2) is 11.7. The van der Waals surface area contributed by atoms with Crippen molar-refractivity contribution in [2.75, 3.05) is 20.3 Å². The van der Waals surface area contributed by atoms with Crippen molar-refractivity contribution in [1.29, 1.82) is 0 Å². The average Bonchev–Trinajstić information content (AvgIpc) is 2.87. The van der Waals surface area contributed by atoms with E-state index in [2.05, 4.69) is 6.58 Å². The summed E-state index contributed by atoms with van der Waals surface area (Å²) in [6.07, 6.45) is -0.498. The van der Waals surface area contributed by atoms with E-state index in [9.17, 15) is 5.11 Å².